The van der Waals surface area contributed by atoms with E-state index in [2.05, 4.69) is 4.72 Å². The first-order valence-corrected chi connectivity index (χ1v) is 8.52. The molecule has 21 heavy (non-hydrogen) atoms. The fraction of sp³-hybridized carbons (Fsp3) is 0.200. The van der Waals surface area contributed by atoms with E-state index in [4.69, 9.17) is 17.3 Å². The first-order chi connectivity index (χ1) is 9.97. The molecule has 1 aliphatic carbocycles. The molecule has 0 amide bonds. The predicted octanol–water partition coefficient (Wildman–Crippen LogP) is 3.21. The largest absolute Gasteiger partial charge is 0.398 e. The molecule has 0 unspecified atom stereocenters. The minimum atomic E-state index is -3.80. The molecular formula is C15H15ClN2O2S. The summed E-state index contributed by atoms with van der Waals surface area (Å²) < 4.78 is 27.5. The Bertz CT molecular complexity index is 783. The SMILES string of the molecule is Nc1cccc(Cl)c1S(=O)(=O)Nc1ccc2c(c1)CCC2. The summed E-state index contributed by atoms with van der Waals surface area (Å²) in [6.07, 6.45) is 3.15. The number of halogens is 1. The van der Waals surface area contributed by atoms with Crippen LogP contribution in [0.4, 0.5) is 11.4 Å². The topological polar surface area (TPSA) is 72.2 Å². The Hall–Kier alpha value is -1.72. The number of rotatable bonds is 3. The average molecular weight is 323 g/mol. The highest BCUT2D eigenvalue weighted by Crippen LogP contribution is 2.30. The standard InChI is InChI=1S/C15H15ClN2O2S/c16-13-5-2-6-14(17)15(13)21(19,20)18-12-8-7-10-3-1-4-11(10)9-12/h2,5-9,18H,1,3-4,17H2. The van der Waals surface area contributed by atoms with Crippen molar-refractivity contribution in [3.63, 3.8) is 0 Å². The number of nitrogens with two attached hydrogens (primary N) is 1. The Morgan fingerprint density at radius 3 is 2.62 bits per heavy atom. The summed E-state index contributed by atoms with van der Waals surface area (Å²) in [6, 6.07) is 10.3. The van der Waals surface area contributed by atoms with Crippen LogP contribution in [0.25, 0.3) is 0 Å². The molecule has 0 spiro atoms. The summed E-state index contributed by atoms with van der Waals surface area (Å²) in [6.45, 7) is 0. The lowest BCUT2D eigenvalue weighted by Gasteiger charge is -2.12. The van der Waals surface area contributed by atoms with Crippen LogP contribution in [0.2, 0.25) is 5.02 Å². The van der Waals surface area contributed by atoms with Crippen molar-refractivity contribution in [3.05, 3.63) is 52.5 Å². The number of anilines is 2. The molecule has 0 heterocycles. The average Bonchev–Trinajstić information content (AvgIpc) is 2.85. The number of fused-ring (bicyclic) bond motifs is 1. The van der Waals surface area contributed by atoms with Crippen LogP contribution in [-0.2, 0) is 22.9 Å². The van der Waals surface area contributed by atoms with Crippen molar-refractivity contribution in [1.29, 1.82) is 0 Å². The van der Waals surface area contributed by atoms with Gasteiger partial charge in [-0.25, -0.2) is 8.42 Å². The molecule has 2 aromatic rings. The lowest BCUT2D eigenvalue weighted by molar-refractivity contribution is 0.601. The molecule has 0 saturated heterocycles. The van der Waals surface area contributed by atoms with E-state index >= 15 is 0 Å². The van der Waals surface area contributed by atoms with Crippen molar-refractivity contribution in [1.82, 2.24) is 0 Å². The van der Waals surface area contributed by atoms with E-state index in [1.165, 1.54) is 23.3 Å². The molecule has 3 N–H and O–H groups in total. The van der Waals surface area contributed by atoms with E-state index in [1.54, 1.807) is 12.1 Å². The number of benzene rings is 2. The normalized spacial score (nSPS) is 14.0. The molecule has 0 radical (unpaired) electrons. The molecular weight excluding hydrogens is 308 g/mol. The lowest BCUT2D eigenvalue weighted by Crippen LogP contribution is -2.15. The number of nitrogen functional groups attached to an aromatic ring is 1. The molecule has 0 aliphatic heterocycles. The van der Waals surface area contributed by atoms with Crippen LogP contribution in [-0.4, -0.2) is 8.42 Å². The van der Waals surface area contributed by atoms with E-state index in [9.17, 15) is 8.42 Å². The van der Waals surface area contributed by atoms with Crippen molar-refractivity contribution >= 4 is 33.0 Å². The summed E-state index contributed by atoms with van der Waals surface area (Å²) in [4.78, 5) is -0.0767. The molecule has 1 aliphatic rings. The maximum atomic E-state index is 12.5. The van der Waals surface area contributed by atoms with Crippen molar-refractivity contribution < 1.29 is 8.42 Å². The predicted molar refractivity (Wildman–Crippen MR) is 85.1 cm³/mol. The third kappa shape index (κ3) is 2.71. The number of hydrogen-bond donors (Lipinski definition) is 2. The Balaban J connectivity index is 1.97. The fourth-order valence-corrected chi connectivity index (χ4v) is 4.38. The molecule has 0 aromatic heterocycles. The quantitative estimate of drug-likeness (QED) is 0.852. The van der Waals surface area contributed by atoms with Crippen LogP contribution < -0.4 is 10.5 Å². The van der Waals surface area contributed by atoms with Crippen LogP contribution >= 0.6 is 11.6 Å². The van der Waals surface area contributed by atoms with E-state index in [-0.39, 0.29) is 15.6 Å². The van der Waals surface area contributed by atoms with Gasteiger partial charge in [-0.1, -0.05) is 23.7 Å². The van der Waals surface area contributed by atoms with E-state index in [0.717, 1.165) is 19.3 Å². The smallest absolute Gasteiger partial charge is 0.265 e. The van der Waals surface area contributed by atoms with E-state index < -0.39 is 10.0 Å². The Kier molecular flexibility index (Phi) is 3.55. The highest BCUT2D eigenvalue weighted by molar-refractivity contribution is 7.93. The highest BCUT2D eigenvalue weighted by atomic mass is 35.5. The van der Waals surface area contributed by atoms with Gasteiger partial charge in [0.2, 0.25) is 0 Å². The summed E-state index contributed by atoms with van der Waals surface area (Å²) in [5, 5.41) is 0.115. The van der Waals surface area contributed by atoms with Gasteiger partial charge in [-0.15, -0.1) is 0 Å². The number of aryl methyl sites for hydroxylation is 2. The monoisotopic (exact) mass is 322 g/mol. The first-order valence-electron chi connectivity index (χ1n) is 6.66. The molecule has 0 atom stereocenters. The highest BCUT2D eigenvalue weighted by Gasteiger charge is 2.22. The van der Waals surface area contributed by atoms with Gasteiger partial charge in [-0.2, -0.15) is 0 Å². The Morgan fingerprint density at radius 2 is 1.86 bits per heavy atom. The number of nitrogens with one attached hydrogen (secondary N) is 1. The molecule has 110 valence electrons. The molecule has 3 rings (SSSR count). The minimum absolute atomic E-state index is 0.0767. The zero-order valence-electron chi connectivity index (χ0n) is 11.3. The van der Waals surface area contributed by atoms with Gasteiger partial charge in [0.1, 0.15) is 4.90 Å². The maximum absolute atomic E-state index is 12.5. The van der Waals surface area contributed by atoms with Crippen LogP contribution in [0, 0.1) is 0 Å². The second-order valence-corrected chi connectivity index (χ2v) is 7.13. The maximum Gasteiger partial charge on any atom is 0.265 e. The van der Waals surface area contributed by atoms with Crippen LogP contribution in [0.5, 0.6) is 0 Å². The van der Waals surface area contributed by atoms with Gasteiger partial charge in [0.15, 0.2) is 0 Å². The second-order valence-electron chi connectivity index (χ2n) is 5.10. The Morgan fingerprint density at radius 1 is 1.10 bits per heavy atom. The van der Waals surface area contributed by atoms with Gasteiger partial charge < -0.3 is 5.73 Å². The number of hydrogen-bond acceptors (Lipinski definition) is 3. The van der Waals surface area contributed by atoms with Gasteiger partial charge in [0.05, 0.1) is 10.7 Å². The molecule has 0 saturated carbocycles. The molecule has 2 aromatic carbocycles. The summed E-state index contributed by atoms with van der Waals surface area (Å²) in [5.41, 5.74) is 8.90. The second kappa shape index (κ2) is 5.24. The van der Waals surface area contributed by atoms with Crippen LogP contribution in [0.3, 0.4) is 0 Å². The van der Waals surface area contributed by atoms with Crippen molar-refractivity contribution in [2.75, 3.05) is 10.5 Å². The third-order valence-electron chi connectivity index (χ3n) is 3.62. The van der Waals surface area contributed by atoms with E-state index in [1.807, 2.05) is 12.1 Å². The molecule has 0 bridgehead atoms. The van der Waals surface area contributed by atoms with Gasteiger partial charge in [-0.05, 0) is 54.7 Å². The van der Waals surface area contributed by atoms with Crippen molar-refractivity contribution in [2.45, 2.75) is 24.2 Å². The van der Waals surface area contributed by atoms with Crippen molar-refractivity contribution in [3.8, 4) is 0 Å². The third-order valence-corrected chi connectivity index (χ3v) is 5.54. The zero-order valence-corrected chi connectivity index (χ0v) is 12.8. The van der Waals surface area contributed by atoms with Gasteiger partial charge >= 0.3 is 0 Å². The first kappa shape index (κ1) is 14.2. The van der Waals surface area contributed by atoms with Crippen LogP contribution in [0.15, 0.2) is 41.3 Å². The summed E-state index contributed by atoms with van der Waals surface area (Å²) in [7, 11) is -3.80. The van der Waals surface area contributed by atoms with Crippen LogP contribution in [0.1, 0.15) is 17.5 Å². The van der Waals surface area contributed by atoms with Gasteiger partial charge in [0.25, 0.3) is 10.0 Å². The zero-order chi connectivity index (χ0) is 15.0. The minimum Gasteiger partial charge on any atom is -0.398 e. The molecule has 0 fully saturated rings. The van der Waals surface area contributed by atoms with E-state index in [0.29, 0.717) is 5.69 Å². The summed E-state index contributed by atoms with van der Waals surface area (Å²) >= 11 is 5.97. The summed E-state index contributed by atoms with van der Waals surface area (Å²) in [5.74, 6) is 0. The van der Waals surface area contributed by atoms with Gasteiger partial charge in [0, 0.05) is 5.69 Å². The Labute approximate surface area is 129 Å². The number of sulfonamides is 1. The van der Waals surface area contributed by atoms with Gasteiger partial charge in [-0.3, -0.25) is 4.72 Å². The fourth-order valence-electron chi connectivity index (χ4n) is 2.65. The molecule has 6 heteroatoms. The lowest BCUT2D eigenvalue weighted by atomic mass is 10.1. The van der Waals surface area contributed by atoms with Crippen molar-refractivity contribution in [2.24, 2.45) is 0 Å². The molecule has 4 nitrogen and oxygen atoms in total.